The van der Waals surface area contributed by atoms with Crippen LogP contribution in [0, 0.1) is 0 Å². The van der Waals surface area contributed by atoms with E-state index in [1.54, 1.807) is 23.9 Å². The van der Waals surface area contributed by atoms with E-state index >= 15 is 0 Å². The molecule has 2 aromatic heterocycles. The second-order valence-electron chi connectivity index (χ2n) is 5.32. The minimum absolute atomic E-state index is 0.113. The van der Waals surface area contributed by atoms with E-state index in [0.29, 0.717) is 19.1 Å². The average molecular weight is 289 g/mol. The summed E-state index contributed by atoms with van der Waals surface area (Å²) in [7, 11) is 0. The molecule has 0 aromatic carbocycles. The normalized spacial score (nSPS) is 15.9. The Kier molecular flexibility index (Phi) is 4.01. The molecule has 21 heavy (non-hydrogen) atoms. The Balaban J connectivity index is 1.50. The molecular weight excluding hydrogens is 270 g/mol. The van der Waals surface area contributed by atoms with Crippen molar-refractivity contribution in [1.82, 2.24) is 25.6 Å². The lowest BCUT2D eigenvalue weighted by Crippen LogP contribution is -2.30. The number of rotatable bonds is 7. The quantitative estimate of drug-likeness (QED) is 0.794. The van der Waals surface area contributed by atoms with Crippen molar-refractivity contribution < 1.29 is 9.21 Å². The predicted molar refractivity (Wildman–Crippen MR) is 75.1 cm³/mol. The minimum atomic E-state index is -0.401. The Morgan fingerprint density at radius 3 is 3.10 bits per heavy atom. The van der Waals surface area contributed by atoms with E-state index in [0.717, 1.165) is 11.5 Å². The molecule has 7 heteroatoms. The molecule has 0 saturated heterocycles. The molecule has 0 aliphatic heterocycles. The fourth-order valence-corrected chi connectivity index (χ4v) is 1.98. The fourth-order valence-electron chi connectivity index (χ4n) is 1.98. The Hall–Kier alpha value is -2.15. The molecular formula is C14H19N5O2. The Bertz CT molecular complexity index is 588. The van der Waals surface area contributed by atoms with Gasteiger partial charge in [-0.05, 0) is 31.9 Å². The van der Waals surface area contributed by atoms with E-state index in [2.05, 4.69) is 20.9 Å². The van der Waals surface area contributed by atoms with Crippen molar-refractivity contribution in [3.05, 3.63) is 36.0 Å². The third-order valence-corrected chi connectivity index (χ3v) is 3.50. The van der Waals surface area contributed by atoms with Crippen molar-refractivity contribution in [2.24, 2.45) is 0 Å². The highest BCUT2D eigenvalue weighted by Gasteiger charge is 2.21. The van der Waals surface area contributed by atoms with Crippen LogP contribution in [0.5, 0.6) is 0 Å². The number of aromatic nitrogens is 3. The third kappa shape index (κ3) is 3.69. The van der Waals surface area contributed by atoms with Gasteiger partial charge < -0.3 is 15.1 Å². The largest absolute Gasteiger partial charge is 0.467 e. The summed E-state index contributed by atoms with van der Waals surface area (Å²) in [6, 6.07) is 3.84. The van der Waals surface area contributed by atoms with Crippen LogP contribution in [0.1, 0.15) is 37.3 Å². The second-order valence-corrected chi connectivity index (χ2v) is 5.32. The van der Waals surface area contributed by atoms with Gasteiger partial charge in [-0.15, -0.1) is 5.10 Å². The van der Waals surface area contributed by atoms with Crippen LogP contribution in [0.2, 0.25) is 0 Å². The number of furan rings is 1. The van der Waals surface area contributed by atoms with Gasteiger partial charge in [0.05, 0.1) is 24.7 Å². The van der Waals surface area contributed by atoms with Crippen LogP contribution in [-0.2, 0) is 17.9 Å². The molecule has 0 radical (unpaired) electrons. The summed E-state index contributed by atoms with van der Waals surface area (Å²) >= 11 is 0. The van der Waals surface area contributed by atoms with Crippen LogP contribution in [0.25, 0.3) is 0 Å². The van der Waals surface area contributed by atoms with Crippen molar-refractivity contribution in [2.75, 3.05) is 0 Å². The molecule has 1 atom stereocenters. The van der Waals surface area contributed by atoms with Gasteiger partial charge in [-0.25, -0.2) is 4.68 Å². The Labute approximate surface area is 122 Å². The van der Waals surface area contributed by atoms with Crippen molar-refractivity contribution >= 4 is 5.91 Å². The number of carbonyl (C=O) groups excluding carboxylic acids is 1. The van der Waals surface area contributed by atoms with E-state index in [-0.39, 0.29) is 5.91 Å². The molecule has 1 amide bonds. The van der Waals surface area contributed by atoms with Gasteiger partial charge in [-0.2, -0.15) is 0 Å². The first-order valence-corrected chi connectivity index (χ1v) is 7.16. The third-order valence-electron chi connectivity index (χ3n) is 3.50. The highest BCUT2D eigenvalue weighted by Crippen LogP contribution is 2.19. The first-order chi connectivity index (χ1) is 10.2. The van der Waals surface area contributed by atoms with Gasteiger partial charge >= 0.3 is 0 Å². The monoisotopic (exact) mass is 289 g/mol. The number of carbonyl (C=O) groups is 1. The lowest BCUT2D eigenvalue weighted by molar-refractivity contribution is -0.124. The van der Waals surface area contributed by atoms with E-state index < -0.39 is 6.04 Å². The van der Waals surface area contributed by atoms with Crippen molar-refractivity contribution in [1.29, 1.82) is 0 Å². The maximum atomic E-state index is 12.1. The van der Waals surface area contributed by atoms with E-state index in [1.165, 1.54) is 12.8 Å². The fraction of sp³-hybridized carbons (Fsp3) is 0.500. The molecule has 2 N–H and O–H groups in total. The van der Waals surface area contributed by atoms with Gasteiger partial charge in [0.25, 0.3) is 0 Å². The Morgan fingerprint density at radius 2 is 2.38 bits per heavy atom. The van der Waals surface area contributed by atoms with Gasteiger partial charge in [0.1, 0.15) is 11.8 Å². The van der Waals surface area contributed by atoms with E-state index in [9.17, 15) is 4.79 Å². The zero-order valence-electron chi connectivity index (χ0n) is 12.0. The van der Waals surface area contributed by atoms with E-state index in [4.69, 9.17) is 4.42 Å². The smallest absolute Gasteiger partial charge is 0.245 e. The SMILES string of the molecule is CC(C(=O)NCc1ccco1)n1cc(CNC2CC2)nn1. The average Bonchev–Trinajstić information content (AvgIpc) is 3.00. The summed E-state index contributed by atoms with van der Waals surface area (Å²) in [4.78, 5) is 12.1. The molecule has 1 aliphatic rings. The number of nitrogens with one attached hydrogen (secondary N) is 2. The summed E-state index contributed by atoms with van der Waals surface area (Å²) < 4.78 is 6.76. The van der Waals surface area contributed by atoms with Crippen molar-refractivity contribution in [2.45, 2.75) is 44.9 Å². The first kappa shape index (κ1) is 13.8. The highest BCUT2D eigenvalue weighted by molar-refractivity contribution is 5.79. The molecule has 0 bridgehead atoms. The molecule has 1 fully saturated rings. The molecule has 2 aromatic rings. The summed E-state index contributed by atoms with van der Waals surface area (Å²) in [5, 5.41) is 14.3. The summed E-state index contributed by atoms with van der Waals surface area (Å²) in [6.45, 7) is 2.87. The topological polar surface area (TPSA) is 85.0 Å². The number of hydrogen-bond acceptors (Lipinski definition) is 5. The molecule has 0 spiro atoms. The maximum Gasteiger partial charge on any atom is 0.245 e. The van der Waals surface area contributed by atoms with Gasteiger partial charge in [0, 0.05) is 12.6 Å². The molecule has 1 aliphatic carbocycles. The van der Waals surface area contributed by atoms with Gasteiger partial charge in [0.2, 0.25) is 5.91 Å². The molecule has 7 nitrogen and oxygen atoms in total. The minimum Gasteiger partial charge on any atom is -0.467 e. The predicted octanol–water partition coefficient (Wildman–Crippen LogP) is 1.00. The highest BCUT2D eigenvalue weighted by atomic mass is 16.3. The summed E-state index contributed by atoms with van der Waals surface area (Å²) in [6.07, 6.45) is 5.87. The number of amides is 1. The van der Waals surface area contributed by atoms with Crippen LogP contribution >= 0.6 is 0 Å². The van der Waals surface area contributed by atoms with Crippen molar-refractivity contribution in [3.8, 4) is 0 Å². The van der Waals surface area contributed by atoms with Crippen LogP contribution < -0.4 is 10.6 Å². The number of hydrogen-bond donors (Lipinski definition) is 2. The lowest BCUT2D eigenvalue weighted by atomic mass is 10.3. The van der Waals surface area contributed by atoms with Crippen LogP contribution in [0.15, 0.2) is 29.0 Å². The summed E-state index contributed by atoms with van der Waals surface area (Å²) in [5.74, 6) is 0.612. The molecule has 1 saturated carbocycles. The summed E-state index contributed by atoms with van der Waals surface area (Å²) in [5.41, 5.74) is 0.854. The van der Waals surface area contributed by atoms with Gasteiger partial charge in [-0.1, -0.05) is 5.21 Å². The zero-order chi connectivity index (χ0) is 14.7. The molecule has 3 rings (SSSR count). The molecule has 112 valence electrons. The van der Waals surface area contributed by atoms with Crippen LogP contribution in [-0.4, -0.2) is 26.9 Å². The Morgan fingerprint density at radius 1 is 1.52 bits per heavy atom. The molecule has 2 heterocycles. The first-order valence-electron chi connectivity index (χ1n) is 7.16. The number of nitrogens with zero attached hydrogens (tertiary/aromatic N) is 3. The van der Waals surface area contributed by atoms with Gasteiger partial charge in [0.15, 0.2) is 0 Å². The lowest BCUT2D eigenvalue weighted by Gasteiger charge is -2.10. The van der Waals surface area contributed by atoms with E-state index in [1.807, 2.05) is 12.3 Å². The zero-order valence-corrected chi connectivity index (χ0v) is 12.0. The van der Waals surface area contributed by atoms with Crippen LogP contribution in [0.4, 0.5) is 0 Å². The van der Waals surface area contributed by atoms with Gasteiger partial charge in [-0.3, -0.25) is 4.79 Å². The van der Waals surface area contributed by atoms with Crippen LogP contribution in [0.3, 0.4) is 0 Å². The second kappa shape index (κ2) is 6.09. The molecule has 1 unspecified atom stereocenters. The van der Waals surface area contributed by atoms with Crippen molar-refractivity contribution in [3.63, 3.8) is 0 Å². The maximum absolute atomic E-state index is 12.1. The standard InChI is InChI=1S/C14H19N5O2/c1-10(14(20)16-8-13-3-2-6-21-13)19-9-12(17-18-19)7-15-11-4-5-11/h2-3,6,9-11,15H,4-5,7-8H2,1H3,(H,16,20).